The van der Waals surface area contributed by atoms with Crippen molar-refractivity contribution >= 4 is 5.91 Å². The maximum absolute atomic E-state index is 12.2. The third kappa shape index (κ3) is 2.82. The predicted molar refractivity (Wildman–Crippen MR) is 78.6 cm³/mol. The molecular weight excluding hydrogens is 250 g/mol. The fourth-order valence-electron chi connectivity index (χ4n) is 3.67. The molecule has 0 aliphatic heterocycles. The van der Waals surface area contributed by atoms with Crippen LogP contribution in [-0.2, 0) is 4.79 Å². The average Bonchev–Trinajstić information content (AvgIpc) is 3.01. The smallest absolute Gasteiger partial charge is 0.261 e. The number of nitrogens with one attached hydrogen (secondary N) is 1. The van der Waals surface area contributed by atoms with Gasteiger partial charge in [0.25, 0.3) is 5.91 Å². The third-order valence-corrected chi connectivity index (χ3v) is 4.74. The van der Waals surface area contributed by atoms with Gasteiger partial charge in [-0.3, -0.25) is 4.79 Å². The Morgan fingerprint density at radius 3 is 2.85 bits per heavy atom. The van der Waals surface area contributed by atoms with Crippen molar-refractivity contribution < 1.29 is 9.53 Å². The summed E-state index contributed by atoms with van der Waals surface area (Å²) >= 11 is 0. The number of amides is 1. The fourth-order valence-corrected chi connectivity index (χ4v) is 3.67. The summed E-state index contributed by atoms with van der Waals surface area (Å²) < 4.78 is 5.74. The molecule has 2 fully saturated rings. The van der Waals surface area contributed by atoms with Crippen molar-refractivity contribution in [1.82, 2.24) is 5.32 Å². The van der Waals surface area contributed by atoms with Crippen LogP contribution in [0.1, 0.15) is 38.2 Å². The summed E-state index contributed by atoms with van der Waals surface area (Å²) in [5.41, 5.74) is 1.14. The maximum Gasteiger partial charge on any atom is 0.261 e. The number of carbonyl (C=O) groups excluding carboxylic acids is 1. The number of rotatable bonds is 4. The monoisotopic (exact) mass is 273 g/mol. The zero-order chi connectivity index (χ0) is 14.1. The first-order chi connectivity index (χ1) is 9.61. The van der Waals surface area contributed by atoms with Gasteiger partial charge in [-0.05, 0) is 62.6 Å². The molecule has 0 unspecified atom stereocenters. The molecule has 1 amide bonds. The van der Waals surface area contributed by atoms with Crippen molar-refractivity contribution in [3.63, 3.8) is 0 Å². The van der Waals surface area contributed by atoms with E-state index in [4.69, 9.17) is 4.74 Å². The Morgan fingerprint density at radius 2 is 2.20 bits per heavy atom. The molecule has 0 saturated heterocycles. The van der Waals surface area contributed by atoms with E-state index in [0.29, 0.717) is 12.0 Å². The standard InChI is InChI=1S/C17H23NO2/c1-11-4-3-5-15(8-11)20-12(2)17(19)18-16-10-13-6-7-14(16)9-13/h3-5,8,12-14,16H,6-7,9-10H2,1-2H3,(H,18,19)/t12-,13-,14-,16-/m1/s1. The number of carbonyl (C=O) groups is 1. The number of ether oxygens (including phenoxy) is 1. The molecule has 20 heavy (non-hydrogen) atoms. The van der Waals surface area contributed by atoms with Gasteiger partial charge in [-0.25, -0.2) is 0 Å². The molecule has 0 radical (unpaired) electrons. The van der Waals surface area contributed by atoms with Gasteiger partial charge in [0.05, 0.1) is 0 Å². The van der Waals surface area contributed by atoms with Gasteiger partial charge in [0.15, 0.2) is 6.10 Å². The van der Waals surface area contributed by atoms with Crippen molar-refractivity contribution in [2.24, 2.45) is 11.8 Å². The van der Waals surface area contributed by atoms with E-state index in [2.05, 4.69) is 5.32 Å². The average molecular weight is 273 g/mol. The van der Waals surface area contributed by atoms with Gasteiger partial charge in [-0.1, -0.05) is 18.6 Å². The van der Waals surface area contributed by atoms with Gasteiger partial charge >= 0.3 is 0 Å². The molecule has 108 valence electrons. The van der Waals surface area contributed by atoms with Crippen molar-refractivity contribution in [2.75, 3.05) is 0 Å². The Morgan fingerprint density at radius 1 is 1.35 bits per heavy atom. The molecule has 4 atom stereocenters. The highest BCUT2D eigenvalue weighted by atomic mass is 16.5. The quantitative estimate of drug-likeness (QED) is 0.915. The SMILES string of the molecule is Cc1cccc(O[C@H](C)C(=O)N[C@@H]2C[C@@H]3CC[C@@H]2C3)c1. The van der Waals surface area contributed by atoms with E-state index in [1.54, 1.807) is 0 Å². The number of fused-ring (bicyclic) bond motifs is 2. The van der Waals surface area contributed by atoms with Gasteiger partial charge in [-0.2, -0.15) is 0 Å². The van der Waals surface area contributed by atoms with Crippen LogP contribution >= 0.6 is 0 Å². The largest absolute Gasteiger partial charge is 0.481 e. The lowest BCUT2D eigenvalue weighted by Gasteiger charge is -2.24. The summed E-state index contributed by atoms with van der Waals surface area (Å²) in [5.74, 6) is 2.33. The molecule has 2 aliphatic carbocycles. The fraction of sp³-hybridized carbons (Fsp3) is 0.588. The molecule has 2 saturated carbocycles. The van der Waals surface area contributed by atoms with E-state index in [1.807, 2.05) is 38.1 Å². The number of hydrogen-bond donors (Lipinski definition) is 1. The molecule has 1 aromatic rings. The van der Waals surface area contributed by atoms with Crippen LogP contribution in [0.3, 0.4) is 0 Å². The van der Waals surface area contributed by atoms with Crippen molar-refractivity contribution in [1.29, 1.82) is 0 Å². The van der Waals surface area contributed by atoms with Gasteiger partial charge in [0, 0.05) is 6.04 Å². The summed E-state index contributed by atoms with van der Waals surface area (Å²) in [6.45, 7) is 3.84. The molecule has 3 nitrogen and oxygen atoms in total. The molecule has 3 rings (SSSR count). The minimum Gasteiger partial charge on any atom is -0.481 e. The van der Waals surface area contributed by atoms with Crippen molar-refractivity contribution in [2.45, 2.75) is 51.7 Å². The molecule has 1 aromatic carbocycles. The maximum atomic E-state index is 12.2. The first-order valence-corrected chi connectivity index (χ1v) is 7.65. The van der Waals surface area contributed by atoms with Crippen LogP contribution in [0, 0.1) is 18.8 Å². The minimum absolute atomic E-state index is 0.0176. The second kappa shape index (κ2) is 5.47. The van der Waals surface area contributed by atoms with E-state index in [0.717, 1.165) is 23.7 Å². The minimum atomic E-state index is -0.434. The number of benzene rings is 1. The number of hydrogen-bond acceptors (Lipinski definition) is 2. The van der Waals surface area contributed by atoms with E-state index >= 15 is 0 Å². The molecule has 0 spiro atoms. The van der Waals surface area contributed by atoms with Crippen molar-refractivity contribution in [3.8, 4) is 5.75 Å². The summed E-state index contributed by atoms with van der Waals surface area (Å²) in [6, 6.07) is 8.21. The Labute approximate surface area is 120 Å². The van der Waals surface area contributed by atoms with E-state index in [9.17, 15) is 4.79 Å². The molecule has 2 bridgehead atoms. The molecule has 0 aromatic heterocycles. The normalized spacial score (nSPS) is 29.2. The lowest BCUT2D eigenvalue weighted by atomic mass is 9.95. The van der Waals surface area contributed by atoms with Crippen LogP contribution in [0.15, 0.2) is 24.3 Å². The van der Waals surface area contributed by atoms with E-state index in [1.165, 1.54) is 19.3 Å². The van der Waals surface area contributed by atoms with Crippen LogP contribution < -0.4 is 10.1 Å². The van der Waals surface area contributed by atoms with Crippen LogP contribution in [0.5, 0.6) is 5.75 Å². The topological polar surface area (TPSA) is 38.3 Å². The first kappa shape index (κ1) is 13.5. The van der Waals surface area contributed by atoms with Crippen LogP contribution in [0.4, 0.5) is 0 Å². The predicted octanol–water partition coefficient (Wildman–Crippen LogP) is 3.07. The zero-order valence-corrected chi connectivity index (χ0v) is 12.3. The third-order valence-electron chi connectivity index (χ3n) is 4.74. The summed E-state index contributed by atoms with van der Waals surface area (Å²) in [5, 5.41) is 3.18. The van der Waals surface area contributed by atoms with Crippen molar-refractivity contribution in [3.05, 3.63) is 29.8 Å². The highest BCUT2D eigenvalue weighted by Crippen LogP contribution is 2.44. The first-order valence-electron chi connectivity index (χ1n) is 7.65. The highest BCUT2D eigenvalue weighted by molar-refractivity contribution is 5.81. The summed E-state index contributed by atoms with van der Waals surface area (Å²) in [4.78, 5) is 12.2. The molecule has 1 N–H and O–H groups in total. The van der Waals surface area contributed by atoms with Gasteiger partial charge in [0.2, 0.25) is 0 Å². The van der Waals surface area contributed by atoms with E-state index in [-0.39, 0.29) is 5.91 Å². The second-order valence-corrected chi connectivity index (χ2v) is 6.37. The Kier molecular flexibility index (Phi) is 3.68. The molecule has 3 heteroatoms. The van der Waals surface area contributed by atoms with Gasteiger partial charge in [-0.15, -0.1) is 0 Å². The Balaban J connectivity index is 1.54. The van der Waals surface area contributed by atoms with Crippen LogP contribution in [0.25, 0.3) is 0 Å². The van der Waals surface area contributed by atoms with Crippen LogP contribution in [-0.4, -0.2) is 18.1 Å². The second-order valence-electron chi connectivity index (χ2n) is 6.37. The Bertz CT molecular complexity index is 500. The highest BCUT2D eigenvalue weighted by Gasteiger charge is 2.40. The summed E-state index contributed by atoms with van der Waals surface area (Å²) in [6.07, 6.45) is 4.66. The summed E-state index contributed by atoms with van der Waals surface area (Å²) in [7, 11) is 0. The Hall–Kier alpha value is -1.51. The molecule has 2 aliphatic rings. The van der Waals surface area contributed by atoms with Crippen LogP contribution in [0.2, 0.25) is 0 Å². The number of aryl methyl sites for hydroxylation is 1. The lowest BCUT2D eigenvalue weighted by molar-refractivity contribution is -0.128. The van der Waals surface area contributed by atoms with Gasteiger partial charge in [0.1, 0.15) is 5.75 Å². The zero-order valence-electron chi connectivity index (χ0n) is 12.3. The van der Waals surface area contributed by atoms with Gasteiger partial charge < -0.3 is 10.1 Å². The van der Waals surface area contributed by atoms with E-state index < -0.39 is 6.10 Å². The molecular formula is C17H23NO2. The lowest BCUT2D eigenvalue weighted by Crippen LogP contribution is -2.44. The molecule has 0 heterocycles.